The average Bonchev–Trinajstić information content (AvgIpc) is 3.37. The van der Waals surface area contributed by atoms with Gasteiger partial charge in [-0.25, -0.2) is 4.79 Å². The molecule has 2 aromatic rings. The van der Waals surface area contributed by atoms with Crippen LogP contribution >= 0.6 is 0 Å². The van der Waals surface area contributed by atoms with Crippen molar-refractivity contribution in [1.29, 1.82) is 5.26 Å². The molecule has 1 unspecified atom stereocenters. The van der Waals surface area contributed by atoms with Crippen LogP contribution in [0.1, 0.15) is 43.2 Å². The molecular formula is C31H40N4O2. The molecular weight excluding hydrogens is 460 g/mol. The summed E-state index contributed by atoms with van der Waals surface area (Å²) in [6, 6.07) is 22.0. The summed E-state index contributed by atoms with van der Waals surface area (Å²) in [5.41, 5.74) is 3.08. The van der Waals surface area contributed by atoms with Crippen molar-refractivity contribution in [3.8, 4) is 6.07 Å². The topological polar surface area (TPSA) is 68.6 Å². The van der Waals surface area contributed by atoms with E-state index in [9.17, 15) is 10.1 Å². The Labute approximate surface area is 221 Å². The molecule has 1 N–H and O–H groups in total. The Morgan fingerprint density at radius 1 is 1.05 bits per heavy atom. The number of nitriles is 1. The molecule has 6 heteroatoms. The lowest BCUT2D eigenvalue weighted by atomic mass is 9.59. The maximum atomic E-state index is 12.1. The van der Waals surface area contributed by atoms with Gasteiger partial charge in [-0.3, -0.25) is 0 Å². The monoisotopic (exact) mass is 500 g/mol. The minimum Gasteiger partial charge on any atom is -0.446 e. The smallest absolute Gasteiger partial charge is 0.407 e. The van der Waals surface area contributed by atoms with E-state index in [2.05, 4.69) is 64.5 Å². The highest BCUT2D eigenvalue weighted by Gasteiger charge is 2.53. The fraction of sp³-hybridized carbons (Fsp3) is 0.548. The number of carbonyl (C=O) groups is 1. The Bertz CT molecular complexity index is 1080. The molecule has 2 heterocycles. The van der Waals surface area contributed by atoms with Crippen molar-refractivity contribution in [3.05, 3.63) is 65.7 Å². The van der Waals surface area contributed by atoms with Crippen LogP contribution in [0.25, 0.3) is 0 Å². The lowest BCUT2D eigenvalue weighted by Crippen LogP contribution is -2.54. The van der Waals surface area contributed by atoms with E-state index in [1.807, 2.05) is 18.2 Å². The van der Waals surface area contributed by atoms with Gasteiger partial charge in [0.2, 0.25) is 0 Å². The first-order valence-corrected chi connectivity index (χ1v) is 13.9. The van der Waals surface area contributed by atoms with Gasteiger partial charge in [0.1, 0.15) is 6.10 Å². The Kier molecular flexibility index (Phi) is 7.71. The second kappa shape index (κ2) is 11.1. The van der Waals surface area contributed by atoms with Crippen LogP contribution in [0.2, 0.25) is 0 Å². The van der Waals surface area contributed by atoms with E-state index in [0.29, 0.717) is 5.92 Å². The molecule has 0 radical (unpaired) electrons. The standard InChI is InChI=1S/C31H40N4O2/c1-23-11-13-27(14-12-23)35-20-24(21-35)19-34-17-15-26(16-18-34)31(22-32,25-7-4-3-5-8-25)28-9-6-10-29(28)37-30(36)33-2/h3-5,7-8,11-14,24,26,28-29H,6,9-10,15-21H2,1-2H3,(H,33,36)/t28-,29-,31?/m0/s1. The summed E-state index contributed by atoms with van der Waals surface area (Å²) in [7, 11) is 1.60. The summed E-state index contributed by atoms with van der Waals surface area (Å²) in [4.78, 5) is 17.2. The highest BCUT2D eigenvalue weighted by molar-refractivity contribution is 5.67. The quantitative estimate of drug-likeness (QED) is 0.571. The van der Waals surface area contributed by atoms with Gasteiger partial charge in [-0.2, -0.15) is 5.26 Å². The van der Waals surface area contributed by atoms with Crippen LogP contribution in [0.4, 0.5) is 10.5 Å². The third-order valence-corrected chi connectivity index (χ3v) is 9.04. The minimum atomic E-state index is -0.638. The summed E-state index contributed by atoms with van der Waals surface area (Å²) in [6.07, 6.45) is 4.11. The second-order valence-electron chi connectivity index (χ2n) is 11.3. The first-order chi connectivity index (χ1) is 18.0. The van der Waals surface area contributed by atoms with Gasteiger partial charge in [0, 0.05) is 44.2 Å². The van der Waals surface area contributed by atoms with E-state index >= 15 is 0 Å². The second-order valence-corrected chi connectivity index (χ2v) is 11.3. The van der Waals surface area contributed by atoms with Crippen LogP contribution in [0, 0.1) is 36.0 Å². The summed E-state index contributed by atoms with van der Waals surface area (Å²) in [6.45, 7) is 7.55. The molecule has 3 aliphatic rings. The molecule has 1 amide bonds. The molecule has 2 saturated heterocycles. The van der Waals surface area contributed by atoms with Crippen molar-refractivity contribution >= 4 is 11.8 Å². The number of piperidine rings is 1. The molecule has 0 spiro atoms. The lowest BCUT2D eigenvalue weighted by molar-refractivity contribution is 0.0307. The predicted octanol–water partition coefficient (Wildman–Crippen LogP) is 5.13. The van der Waals surface area contributed by atoms with Crippen molar-refractivity contribution in [2.24, 2.45) is 17.8 Å². The maximum absolute atomic E-state index is 12.1. The number of ether oxygens (including phenoxy) is 1. The highest BCUT2D eigenvalue weighted by Crippen LogP contribution is 2.51. The first-order valence-electron chi connectivity index (χ1n) is 13.9. The van der Waals surface area contributed by atoms with Gasteiger partial charge in [0.05, 0.1) is 11.5 Å². The Morgan fingerprint density at radius 3 is 2.41 bits per heavy atom. The number of alkyl carbamates (subject to hydrolysis) is 1. The first kappa shape index (κ1) is 25.6. The van der Waals surface area contributed by atoms with Crippen LogP contribution in [-0.4, -0.2) is 56.9 Å². The molecule has 3 fully saturated rings. The zero-order valence-electron chi connectivity index (χ0n) is 22.2. The van der Waals surface area contributed by atoms with Crippen LogP contribution < -0.4 is 10.2 Å². The molecule has 196 valence electrons. The Morgan fingerprint density at radius 2 is 1.76 bits per heavy atom. The zero-order chi connectivity index (χ0) is 25.8. The number of benzene rings is 2. The average molecular weight is 501 g/mol. The number of hydrogen-bond donors (Lipinski definition) is 1. The van der Waals surface area contributed by atoms with Gasteiger partial charge in [-0.05, 0) is 75.7 Å². The van der Waals surface area contributed by atoms with Gasteiger partial charge in [-0.1, -0.05) is 48.0 Å². The molecule has 37 heavy (non-hydrogen) atoms. The number of rotatable bonds is 7. The van der Waals surface area contributed by atoms with Crippen molar-refractivity contribution in [1.82, 2.24) is 10.2 Å². The summed E-state index contributed by atoms with van der Waals surface area (Å²) < 4.78 is 5.83. The van der Waals surface area contributed by atoms with Crippen LogP contribution in [0.5, 0.6) is 0 Å². The number of nitrogens with zero attached hydrogens (tertiary/aromatic N) is 3. The van der Waals surface area contributed by atoms with Gasteiger partial charge < -0.3 is 19.9 Å². The van der Waals surface area contributed by atoms with Crippen molar-refractivity contribution in [2.75, 3.05) is 44.7 Å². The number of likely N-dealkylation sites (tertiary alicyclic amines) is 1. The van der Waals surface area contributed by atoms with E-state index in [4.69, 9.17) is 4.74 Å². The molecule has 5 rings (SSSR count). The number of anilines is 1. The van der Waals surface area contributed by atoms with E-state index in [0.717, 1.165) is 70.4 Å². The van der Waals surface area contributed by atoms with Crippen LogP contribution in [0.3, 0.4) is 0 Å². The Balaban J connectivity index is 1.25. The van der Waals surface area contributed by atoms with E-state index in [1.54, 1.807) is 7.05 Å². The predicted molar refractivity (Wildman–Crippen MR) is 146 cm³/mol. The summed E-state index contributed by atoms with van der Waals surface area (Å²) in [5, 5.41) is 13.4. The minimum absolute atomic E-state index is 0.0171. The molecule has 0 aromatic heterocycles. The Hall–Kier alpha value is -3.04. The third-order valence-electron chi connectivity index (χ3n) is 9.04. The molecule has 2 aromatic carbocycles. The third kappa shape index (κ3) is 5.20. The summed E-state index contributed by atoms with van der Waals surface area (Å²) >= 11 is 0. The van der Waals surface area contributed by atoms with Crippen LogP contribution in [0.15, 0.2) is 54.6 Å². The number of amides is 1. The highest BCUT2D eigenvalue weighted by atomic mass is 16.6. The van der Waals surface area contributed by atoms with Crippen molar-refractivity contribution in [3.63, 3.8) is 0 Å². The largest absolute Gasteiger partial charge is 0.446 e. The van der Waals surface area contributed by atoms with Crippen molar-refractivity contribution < 1.29 is 9.53 Å². The molecule has 2 aliphatic heterocycles. The van der Waals surface area contributed by atoms with Crippen LogP contribution in [-0.2, 0) is 10.2 Å². The summed E-state index contributed by atoms with van der Waals surface area (Å²) in [5.74, 6) is 0.969. The number of aryl methyl sites for hydroxylation is 1. The fourth-order valence-electron chi connectivity index (χ4n) is 7.08. The number of nitrogens with one attached hydrogen (secondary N) is 1. The number of hydrogen-bond acceptors (Lipinski definition) is 5. The van der Waals surface area contributed by atoms with Gasteiger partial charge in [-0.15, -0.1) is 0 Å². The van der Waals surface area contributed by atoms with Gasteiger partial charge >= 0.3 is 6.09 Å². The van der Waals surface area contributed by atoms with Gasteiger partial charge in [0.25, 0.3) is 0 Å². The molecule has 6 nitrogen and oxygen atoms in total. The van der Waals surface area contributed by atoms with E-state index in [1.165, 1.54) is 11.3 Å². The molecule has 0 bridgehead atoms. The molecule has 1 aliphatic carbocycles. The zero-order valence-corrected chi connectivity index (χ0v) is 22.2. The normalized spacial score (nSPS) is 24.6. The van der Waals surface area contributed by atoms with E-state index in [-0.39, 0.29) is 17.9 Å². The molecule has 3 atom stereocenters. The number of carbonyl (C=O) groups excluding carboxylic acids is 1. The lowest BCUT2D eigenvalue weighted by Gasteiger charge is -2.47. The van der Waals surface area contributed by atoms with E-state index < -0.39 is 11.5 Å². The SMILES string of the molecule is CNC(=O)O[C@H]1CCC[C@@H]1C(C#N)(c1ccccc1)C1CCN(CC2CN(c3ccc(C)cc3)C2)CC1. The van der Waals surface area contributed by atoms with Gasteiger partial charge in [0.15, 0.2) is 0 Å². The van der Waals surface area contributed by atoms with Crippen molar-refractivity contribution in [2.45, 2.75) is 50.5 Å². The fourth-order valence-corrected chi connectivity index (χ4v) is 7.08. The maximum Gasteiger partial charge on any atom is 0.407 e. The molecule has 1 saturated carbocycles.